The first-order valence-electron chi connectivity index (χ1n) is 5.86. The average molecular weight is 285 g/mol. The number of carbonyl (C=O) groups excluding carboxylic acids is 1. The molecule has 2 N–H and O–H groups in total. The van der Waals surface area contributed by atoms with E-state index < -0.39 is 10.0 Å². The van der Waals surface area contributed by atoms with Gasteiger partial charge in [0.25, 0.3) is 0 Å². The first-order valence-corrected chi connectivity index (χ1v) is 7.30. The lowest BCUT2D eigenvalue weighted by molar-refractivity contribution is -0.114. The molecule has 0 aliphatic carbocycles. The van der Waals surface area contributed by atoms with E-state index in [2.05, 4.69) is 10.6 Å². The summed E-state index contributed by atoms with van der Waals surface area (Å²) in [5, 5.41) is 5.49. The first-order chi connectivity index (χ1) is 8.87. The fraction of sp³-hybridized carbons (Fsp3) is 0.417. The van der Waals surface area contributed by atoms with Crippen LogP contribution in [0.3, 0.4) is 0 Å². The van der Waals surface area contributed by atoms with Crippen LogP contribution in [0.5, 0.6) is 0 Å². The quantitative estimate of drug-likeness (QED) is 0.797. The van der Waals surface area contributed by atoms with Crippen molar-refractivity contribution < 1.29 is 13.2 Å². The summed E-state index contributed by atoms with van der Waals surface area (Å²) in [5.74, 6) is -0.193. The highest BCUT2D eigenvalue weighted by Gasteiger charge is 2.19. The number of likely N-dealkylation sites (N-methyl/N-ethyl adjacent to an activating group) is 2. The van der Waals surface area contributed by atoms with Gasteiger partial charge in [-0.3, -0.25) is 4.79 Å². The van der Waals surface area contributed by atoms with Gasteiger partial charge in [0.05, 0.1) is 4.90 Å². The highest BCUT2D eigenvalue weighted by atomic mass is 32.2. The van der Waals surface area contributed by atoms with Crippen LogP contribution in [0.25, 0.3) is 0 Å². The van der Waals surface area contributed by atoms with Crippen molar-refractivity contribution in [3.63, 3.8) is 0 Å². The number of anilines is 1. The number of hydrogen-bond acceptors (Lipinski definition) is 4. The summed E-state index contributed by atoms with van der Waals surface area (Å²) in [4.78, 5) is 11.1. The lowest BCUT2D eigenvalue weighted by atomic mass is 10.3. The van der Waals surface area contributed by atoms with Crippen LogP contribution in [0, 0.1) is 0 Å². The van der Waals surface area contributed by atoms with Gasteiger partial charge in [-0.1, -0.05) is 0 Å². The molecule has 0 aliphatic heterocycles. The van der Waals surface area contributed by atoms with Crippen molar-refractivity contribution in [2.24, 2.45) is 0 Å². The minimum atomic E-state index is -3.48. The molecule has 0 saturated heterocycles. The van der Waals surface area contributed by atoms with Crippen LogP contribution in [-0.2, 0) is 14.8 Å². The topological polar surface area (TPSA) is 78.5 Å². The molecule has 106 valence electrons. The maximum Gasteiger partial charge on any atom is 0.242 e. The van der Waals surface area contributed by atoms with Crippen molar-refractivity contribution >= 4 is 21.6 Å². The molecule has 0 radical (unpaired) electrons. The number of rotatable bonds is 6. The largest absolute Gasteiger partial charge is 0.326 e. The van der Waals surface area contributed by atoms with Crippen LogP contribution in [0.1, 0.15) is 6.92 Å². The van der Waals surface area contributed by atoms with E-state index in [1.807, 2.05) is 0 Å². The number of benzene rings is 1. The van der Waals surface area contributed by atoms with Gasteiger partial charge in [0.15, 0.2) is 0 Å². The Morgan fingerprint density at radius 2 is 1.84 bits per heavy atom. The van der Waals surface area contributed by atoms with Gasteiger partial charge in [-0.2, -0.15) is 4.31 Å². The Morgan fingerprint density at radius 3 is 2.32 bits per heavy atom. The van der Waals surface area contributed by atoms with E-state index in [1.165, 1.54) is 30.4 Å². The molecular weight excluding hydrogens is 266 g/mol. The van der Waals surface area contributed by atoms with E-state index in [-0.39, 0.29) is 10.8 Å². The van der Waals surface area contributed by atoms with E-state index in [9.17, 15) is 13.2 Å². The Kier molecular flexibility index (Phi) is 5.46. The lowest BCUT2D eigenvalue weighted by Crippen LogP contribution is -2.32. The van der Waals surface area contributed by atoms with E-state index in [4.69, 9.17) is 0 Å². The molecule has 7 heteroatoms. The van der Waals surface area contributed by atoms with E-state index in [1.54, 1.807) is 19.2 Å². The molecule has 0 heterocycles. The monoisotopic (exact) mass is 285 g/mol. The van der Waals surface area contributed by atoms with Crippen LogP contribution in [0.2, 0.25) is 0 Å². The van der Waals surface area contributed by atoms with Crippen LogP contribution in [0.15, 0.2) is 29.2 Å². The zero-order chi connectivity index (χ0) is 14.5. The number of nitrogens with zero attached hydrogens (tertiary/aromatic N) is 1. The first kappa shape index (κ1) is 15.6. The van der Waals surface area contributed by atoms with Crippen molar-refractivity contribution in [3.8, 4) is 0 Å². The standard InChI is InChI=1S/C12H19N3O3S/c1-10(16)14-11-4-6-12(7-5-11)19(17,18)15(3)9-8-13-2/h4-7,13H,8-9H2,1-3H3,(H,14,16). The summed E-state index contributed by atoms with van der Waals surface area (Å²) in [7, 11) is -0.173. The highest BCUT2D eigenvalue weighted by molar-refractivity contribution is 7.89. The van der Waals surface area contributed by atoms with E-state index in [0.29, 0.717) is 18.8 Å². The van der Waals surface area contributed by atoms with Gasteiger partial charge in [0, 0.05) is 32.7 Å². The molecule has 19 heavy (non-hydrogen) atoms. The van der Waals surface area contributed by atoms with Gasteiger partial charge in [-0.25, -0.2) is 8.42 Å². The Hall–Kier alpha value is -1.44. The number of sulfonamides is 1. The second kappa shape index (κ2) is 6.65. The molecule has 0 saturated carbocycles. The zero-order valence-corrected chi connectivity index (χ0v) is 12.1. The highest BCUT2D eigenvalue weighted by Crippen LogP contribution is 2.17. The molecule has 0 atom stereocenters. The molecule has 0 unspecified atom stereocenters. The molecule has 0 aliphatic rings. The fourth-order valence-corrected chi connectivity index (χ4v) is 2.65. The van der Waals surface area contributed by atoms with Gasteiger partial charge in [0.1, 0.15) is 0 Å². The van der Waals surface area contributed by atoms with Crippen LogP contribution < -0.4 is 10.6 Å². The van der Waals surface area contributed by atoms with Crippen LogP contribution >= 0.6 is 0 Å². The van der Waals surface area contributed by atoms with Crippen molar-refractivity contribution in [1.82, 2.24) is 9.62 Å². The van der Waals surface area contributed by atoms with Crippen molar-refractivity contribution in [3.05, 3.63) is 24.3 Å². The van der Waals surface area contributed by atoms with E-state index >= 15 is 0 Å². The predicted octanol–water partition coefficient (Wildman–Crippen LogP) is 0.485. The molecule has 1 aromatic carbocycles. The van der Waals surface area contributed by atoms with Gasteiger partial charge in [-0.05, 0) is 31.3 Å². The summed E-state index contributed by atoms with van der Waals surface area (Å²) in [6.45, 7) is 2.38. The third-order valence-electron chi connectivity index (χ3n) is 2.56. The van der Waals surface area contributed by atoms with Crippen LogP contribution in [0.4, 0.5) is 5.69 Å². The Morgan fingerprint density at radius 1 is 1.26 bits per heavy atom. The lowest BCUT2D eigenvalue weighted by Gasteiger charge is -2.17. The minimum Gasteiger partial charge on any atom is -0.326 e. The van der Waals surface area contributed by atoms with Crippen LogP contribution in [-0.4, -0.2) is 45.8 Å². The summed E-state index contributed by atoms with van der Waals surface area (Å²) < 4.78 is 25.7. The van der Waals surface area contributed by atoms with Gasteiger partial charge in [-0.15, -0.1) is 0 Å². The smallest absolute Gasteiger partial charge is 0.242 e. The minimum absolute atomic E-state index is 0.193. The third-order valence-corrected chi connectivity index (χ3v) is 4.43. The Bertz CT molecular complexity index is 526. The molecule has 0 aromatic heterocycles. The molecule has 6 nitrogen and oxygen atoms in total. The molecule has 0 bridgehead atoms. The molecule has 0 spiro atoms. The van der Waals surface area contributed by atoms with Gasteiger partial charge in [0.2, 0.25) is 15.9 Å². The second-order valence-corrected chi connectivity index (χ2v) is 6.18. The predicted molar refractivity (Wildman–Crippen MR) is 74.5 cm³/mol. The Labute approximate surface area is 113 Å². The number of carbonyl (C=O) groups is 1. The normalized spacial score (nSPS) is 11.6. The van der Waals surface area contributed by atoms with E-state index in [0.717, 1.165) is 0 Å². The summed E-state index contributed by atoms with van der Waals surface area (Å²) in [6, 6.07) is 6.10. The number of hydrogen-bond donors (Lipinski definition) is 2. The van der Waals surface area contributed by atoms with Crippen molar-refractivity contribution in [1.29, 1.82) is 0 Å². The van der Waals surface area contributed by atoms with Crippen molar-refractivity contribution in [2.75, 3.05) is 32.5 Å². The van der Waals surface area contributed by atoms with Gasteiger partial charge >= 0.3 is 0 Å². The summed E-state index contributed by atoms with van der Waals surface area (Å²) >= 11 is 0. The summed E-state index contributed by atoms with van der Waals surface area (Å²) in [6.07, 6.45) is 0. The summed E-state index contributed by atoms with van der Waals surface area (Å²) in [5.41, 5.74) is 0.573. The SMILES string of the molecule is CNCCN(C)S(=O)(=O)c1ccc(NC(C)=O)cc1. The Balaban J connectivity index is 2.87. The molecule has 0 fully saturated rings. The number of nitrogens with one attached hydrogen (secondary N) is 2. The maximum atomic E-state index is 12.2. The zero-order valence-electron chi connectivity index (χ0n) is 11.3. The number of amides is 1. The second-order valence-electron chi connectivity index (χ2n) is 4.14. The maximum absolute atomic E-state index is 12.2. The molecular formula is C12H19N3O3S. The van der Waals surface area contributed by atoms with Crippen molar-refractivity contribution in [2.45, 2.75) is 11.8 Å². The molecule has 1 amide bonds. The average Bonchev–Trinajstić information content (AvgIpc) is 2.35. The molecule has 1 aromatic rings. The molecule has 1 rings (SSSR count). The third kappa shape index (κ3) is 4.30. The fourth-order valence-electron chi connectivity index (χ4n) is 1.48. The van der Waals surface area contributed by atoms with Gasteiger partial charge < -0.3 is 10.6 Å².